The molecule has 0 bridgehead atoms. The third-order valence-corrected chi connectivity index (χ3v) is 13.1. The van der Waals surface area contributed by atoms with Crippen LogP contribution < -0.4 is 0 Å². The summed E-state index contributed by atoms with van der Waals surface area (Å²) in [4.78, 5) is 66.1. The number of esters is 1. The van der Waals surface area contributed by atoms with Gasteiger partial charge in [-0.3, -0.25) is 28.9 Å². The smallest absolute Gasteiger partial charge is 0.410 e. The number of ketones is 1. The molecule has 0 aliphatic carbocycles. The first-order chi connectivity index (χ1) is 30.7. The summed E-state index contributed by atoms with van der Waals surface area (Å²) in [7, 11) is 6.62. The van der Waals surface area contributed by atoms with E-state index in [1.54, 1.807) is 34.5 Å². The van der Waals surface area contributed by atoms with Crippen molar-refractivity contribution in [1.29, 1.82) is 0 Å². The highest BCUT2D eigenvalue weighted by molar-refractivity contribution is 7.93. The van der Waals surface area contributed by atoms with Crippen LogP contribution in [0.5, 0.6) is 0 Å². The number of fused-ring (bicyclic) bond motifs is 1. The van der Waals surface area contributed by atoms with Crippen molar-refractivity contribution in [2.24, 2.45) is 17.8 Å². The molecule has 0 aromatic carbocycles. The maximum absolute atomic E-state index is 14.5. The molecule has 3 unspecified atom stereocenters. The Labute approximate surface area is 387 Å². The van der Waals surface area contributed by atoms with E-state index in [4.69, 9.17) is 28.4 Å². The first-order valence-corrected chi connectivity index (χ1v) is 23.6. The summed E-state index contributed by atoms with van der Waals surface area (Å²) in [6.45, 7) is 14.8. The lowest BCUT2D eigenvalue weighted by molar-refractivity contribution is -0.341. The van der Waals surface area contributed by atoms with Crippen molar-refractivity contribution in [2.75, 3.05) is 47.7 Å². The number of nitrogens with zero attached hydrogens (tertiary/aromatic N) is 7. The molecule has 20 heteroatoms. The van der Waals surface area contributed by atoms with Crippen molar-refractivity contribution in [2.45, 2.75) is 154 Å². The van der Waals surface area contributed by atoms with Gasteiger partial charge in [0.15, 0.2) is 23.5 Å². The minimum atomic E-state index is -1.62. The van der Waals surface area contributed by atoms with E-state index in [0.29, 0.717) is 37.2 Å². The van der Waals surface area contributed by atoms with Crippen molar-refractivity contribution >= 4 is 35.9 Å². The van der Waals surface area contributed by atoms with Gasteiger partial charge in [0, 0.05) is 83.8 Å². The number of aliphatic hydroxyl groups is 1. The number of likely N-dealkylation sites (N-methyl/N-ethyl adjacent to an activating group) is 1. The number of ether oxygens (including phenoxy) is 6. The van der Waals surface area contributed by atoms with Crippen LogP contribution in [0.3, 0.4) is 0 Å². The number of cyclic esters (lactones) is 1. The van der Waals surface area contributed by atoms with Gasteiger partial charge in [0.25, 0.3) is 0 Å². The topological polar surface area (TPSA) is 197 Å². The van der Waals surface area contributed by atoms with E-state index in [1.807, 2.05) is 71.1 Å². The molecule has 3 aliphatic heterocycles. The fourth-order valence-electron chi connectivity index (χ4n) is 9.70. The second kappa shape index (κ2) is 23.8. The quantitative estimate of drug-likeness (QED) is 0.126. The Bertz CT molecular complexity index is 1860. The van der Waals surface area contributed by atoms with Crippen LogP contribution in [0.4, 0.5) is 8.68 Å². The molecule has 1 N–H and O–H groups in total. The number of hydrogen-bond donors (Lipinski definition) is 1. The van der Waals surface area contributed by atoms with Crippen LogP contribution in [0, 0.1) is 17.8 Å². The molecule has 12 atom stereocenters. The lowest BCUT2D eigenvalue weighted by atomic mass is 9.83. The summed E-state index contributed by atoms with van der Waals surface area (Å²) in [5, 5.41) is 20.0. The standard InChI is InChI=1S/C44H69N7O11.CH3FS/c1-13-35-43(8)38(50(42(56)62-43)21-17-16-20-49-25-33(46-47-49)32-18-14-15-19-45-32)30(6)51(31(7)52)24-26(2)23-44(57-11,58-12)39(28(4)36(53)29(5)40(55)60-35)61-41-37(54)34(48(9)10)22-27(3)59-41;1-3-2/h14-15,18-19,25-30,34-35,37-39,41,54H,13,16-17,20-24H2,1-12H3;1H3/t26-,27?,28+,29-,30-,34?,35-,37?,38-,39-,41+,43-;/m1./s1. The summed E-state index contributed by atoms with van der Waals surface area (Å²) >= 11 is 0.250. The van der Waals surface area contributed by atoms with E-state index in [9.17, 15) is 28.2 Å². The zero-order chi connectivity index (χ0) is 48.4. The molecule has 2 aromatic heterocycles. The van der Waals surface area contributed by atoms with E-state index in [1.165, 1.54) is 34.3 Å². The molecule has 2 aromatic rings. The predicted molar refractivity (Wildman–Crippen MR) is 241 cm³/mol. The number of unbranched alkanes of at least 4 members (excludes halogenated alkanes) is 1. The number of carbonyl (C=O) groups excluding carboxylic acids is 4. The van der Waals surface area contributed by atoms with E-state index in [-0.39, 0.29) is 62.0 Å². The summed E-state index contributed by atoms with van der Waals surface area (Å²) in [5.74, 6) is -5.88. The van der Waals surface area contributed by atoms with Crippen LogP contribution in [0.2, 0.25) is 0 Å². The molecule has 3 fully saturated rings. The molecule has 3 aliphatic rings. The number of aliphatic hydroxyl groups excluding tert-OH is 1. The zero-order valence-electron chi connectivity index (χ0n) is 40.3. The van der Waals surface area contributed by atoms with Crippen molar-refractivity contribution in [3.63, 3.8) is 0 Å². The minimum absolute atomic E-state index is 0.121. The van der Waals surface area contributed by atoms with Gasteiger partial charge in [-0.2, -0.15) is 3.89 Å². The van der Waals surface area contributed by atoms with Crippen molar-refractivity contribution < 1.29 is 56.6 Å². The lowest BCUT2D eigenvalue weighted by Crippen LogP contribution is -2.62. The first-order valence-electron chi connectivity index (χ1n) is 22.5. The molecule has 366 valence electrons. The van der Waals surface area contributed by atoms with Crippen molar-refractivity contribution in [1.82, 2.24) is 34.7 Å². The molecule has 0 saturated carbocycles. The maximum Gasteiger partial charge on any atom is 0.410 e. The van der Waals surface area contributed by atoms with Crippen LogP contribution in [0.15, 0.2) is 30.6 Å². The molecular weight excluding hydrogens is 866 g/mol. The molecule has 5 rings (SSSR count). The van der Waals surface area contributed by atoms with E-state index >= 15 is 0 Å². The van der Waals surface area contributed by atoms with Gasteiger partial charge in [0.1, 0.15) is 29.9 Å². The van der Waals surface area contributed by atoms with Gasteiger partial charge < -0.3 is 43.3 Å². The predicted octanol–water partition coefficient (Wildman–Crippen LogP) is 5.17. The monoisotopic (exact) mass is 937 g/mol. The largest absolute Gasteiger partial charge is 0.458 e. The van der Waals surface area contributed by atoms with E-state index in [2.05, 4.69) is 15.3 Å². The Kier molecular flexibility index (Phi) is 19.7. The average molecular weight is 938 g/mol. The van der Waals surface area contributed by atoms with Gasteiger partial charge in [-0.05, 0) is 85.5 Å². The van der Waals surface area contributed by atoms with E-state index in [0.717, 1.165) is 0 Å². The number of aryl methyl sites for hydroxylation is 1. The van der Waals surface area contributed by atoms with Gasteiger partial charge >= 0.3 is 12.1 Å². The Hall–Kier alpha value is -3.79. The maximum atomic E-state index is 14.5. The number of carbonyl (C=O) groups is 4. The fourth-order valence-corrected chi connectivity index (χ4v) is 9.70. The number of methoxy groups -OCH3 is 2. The van der Waals surface area contributed by atoms with Crippen LogP contribution in [0.1, 0.15) is 87.5 Å². The first kappa shape index (κ1) is 53.8. The SMILES string of the molecule is CC[C@H]1OC(=O)[C@H](C)C(=O)[C@H](C)[C@@H](O[C@@H]2OC(C)CC(N(C)C)C2O)C(OC)(OC)C[C@@H](C)CN(C(C)=O)[C@H](C)[C@H]2N(CCCCn3cc(-c4ccccn4)nn3)C(=O)O[C@]12C.CSF. The number of halogens is 1. The number of hydrogen-bond acceptors (Lipinski definition) is 16. The van der Waals surface area contributed by atoms with Crippen LogP contribution in [-0.2, 0) is 49.3 Å². The highest BCUT2D eigenvalue weighted by Gasteiger charge is 2.60. The third-order valence-electron chi connectivity index (χ3n) is 13.1. The molecule has 0 radical (unpaired) electrons. The number of amides is 2. The van der Waals surface area contributed by atoms with E-state index < -0.39 is 77.8 Å². The Balaban J connectivity index is 0.00000300. The second-order valence-electron chi connectivity index (χ2n) is 18.0. The lowest BCUT2D eigenvalue weighted by Gasteiger charge is -2.47. The second-order valence-corrected chi connectivity index (χ2v) is 18.3. The van der Waals surface area contributed by atoms with Gasteiger partial charge in [0.2, 0.25) is 5.91 Å². The highest BCUT2D eigenvalue weighted by atomic mass is 32.2. The summed E-state index contributed by atoms with van der Waals surface area (Å²) in [5.41, 5.74) is -0.0531. The Morgan fingerprint density at radius 1 is 1.06 bits per heavy atom. The molecular formula is C45H72FN7O11S. The zero-order valence-corrected chi connectivity index (χ0v) is 41.2. The molecule has 5 heterocycles. The third kappa shape index (κ3) is 12.4. The average Bonchev–Trinajstić information content (AvgIpc) is 3.85. The number of rotatable bonds is 12. The molecule has 0 spiro atoms. The molecule has 2 amide bonds. The Morgan fingerprint density at radius 2 is 1.72 bits per heavy atom. The number of pyridine rings is 1. The van der Waals surface area contributed by atoms with Crippen LogP contribution >= 0.6 is 12.1 Å². The van der Waals surface area contributed by atoms with Crippen molar-refractivity contribution in [3.05, 3.63) is 30.6 Å². The summed E-state index contributed by atoms with van der Waals surface area (Å²) in [6.07, 6.45) is 1.68. The minimum Gasteiger partial charge on any atom is -0.458 e. The van der Waals surface area contributed by atoms with Gasteiger partial charge in [-0.15, -0.1) is 5.10 Å². The summed E-state index contributed by atoms with van der Waals surface area (Å²) < 4.78 is 49.6. The highest BCUT2D eigenvalue weighted by Crippen LogP contribution is 2.42. The molecule has 65 heavy (non-hydrogen) atoms. The fraction of sp³-hybridized carbons (Fsp3) is 0.756. The normalized spacial score (nSPS) is 32.4. The van der Waals surface area contributed by atoms with Crippen LogP contribution in [-0.4, -0.2) is 171 Å². The van der Waals surface area contributed by atoms with Crippen molar-refractivity contribution in [3.8, 4) is 11.4 Å². The number of Topliss-reactive ketones (excluding diaryl/α,β-unsaturated/α-hetero) is 1. The van der Waals surface area contributed by atoms with Gasteiger partial charge in [0.05, 0.1) is 30.1 Å². The summed E-state index contributed by atoms with van der Waals surface area (Å²) in [6, 6.07) is 3.87. The van der Waals surface area contributed by atoms with Gasteiger partial charge in [-0.1, -0.05) is 32.1 Å². The van der Waals surface area contributed by atoms with Crippen LogP contribution in [0.25, 0.3) is 11.4 Å². The molecule has 18 nitrogen and oxygen atoms in total. The Morgan fingerprint density at radius 3 is 2.31 bits per heavy atom. The molecule has 3 saturated heterocycles. The van der Waals surface area contributed by atoms with Gasteiger partial charge in [-0.25, -0.2) is 4.79 Å². The number of aromatic nitrogens is 4.